The maximum absolute atomic E-state index is 2.38. The second kappa shape index (κ2) is 5.16. The van der Waals surface area contributed by atoms with Gasteiger partial charge < -0.3 is 0 Å². The lowest BCUT2D eigenvalue weighted by atomic mass is 9.73. The highest BCUT2D eigenvalue weighted by Gasteiger charge is 2.26. The number of hydrogen-bond acceptors (Lipinski definition) is 0. The summed E-state index contributed by atoms with van der Waals surface area (Å²) in [5.74, 6) is 0. The van der Waals surface area contributed by atoms with Crippen molar-refractivity contribution in [3.05, 3.63) is 45.0 Å². The minimum absolute atomic E-state index is 0.233. The smallest absolute Gasteiger partial charge is 0.0101 e. The largest absolute Gasteiger partial charge is 0.0646 e. The molecule has 0 nitrogen and oxygen atoms in total. The van der Waals surface area contributed by atoms with Crippen molar-refractivity contribution in [1.82, 2.24) is 0 Å². The lowest BCUT2D eigenvalue weighted by Gasteiger charge is -2.31. The Balaban J connectivity index is 3.10. The average molecular weight is 282 g/mol. The third-order valence-electron chi connectivity index (χ3n) is 5.67. The molecule has 0 unspecified atom stereocenters. The zero-order valence-electron chi connectivity index (χ0n) is 15.3. The molecule has 0 radical (unpaired) electrons. The summed E-state index contributed by atoms with van der Waals surface area (Å²) in [7, 11) is 0. The fourth-order valence-electron chi connectivity index (χ4n) is 4.01. The lowest BCUT2D eigenvalue weighted by molar-refractivity contribution is 0.501. The molecule has 0 atom stereocenters. The van der Waals surface area contributed by atoms with Gasteiger partial charge in [0, 0.05) is 0 Å². The van der Waals surface area contributed by atoms with E-state index in [9.17, 15) is 0 Å². The Bertz CT molecular complexity index is 715. The molecule has 0 saturated heterocycles. The van der Waals surface area contributed by atoms with Crippen LogP contribution in [0.2, 0.25) is 0 Å². The third-order valence-corrected chi connectivity index (χ3v) is 5.67. The number of rotatable bonds is 2. The molecule has 0 aliphatic heterocycles. The van der Waals surface area contributed by atoms with Crippen molar-refractivity contribution >= 4 is 10.8 Å². The molecule has 2 rings (SSSR count). The molecule has 0 heteroatoms. The molecule has 0 fully saturated rings. The fourth-order valence-corrected chi connectivity index (χ4v) is 4.01. The van der Waals surface area contributed by atoms with Crippen LogP contribution in [-0.2, 0) is 5.41 Å². The number of hydrogen-bond donors (Lipinski definition) is 0. The first-order chi connectivity index (χ1) is 9.63. The molecule has 0 N–H and O–H groups in total. The van der Waals surface area contributed by atoms with Crippen LogP contribution < -0.4 is 0 Å². The molecular weight excluding hydrogens is 252 g/mol. The minimum atomic E-state index is 0.233. The van der Waals surface area contributed by atoms with Gasteiger partial charge in [-0.2, -0.15) is 0 Å². The lowest BCUT2D eigenvalue weighted by Crippen LogP contribution is -2.20. The average Bonchev–Trinajstić information content (AvgIpc) is 2.40. The molecular formula is C21H30. The van der Waals surface area contributed by atoms with Gasteiger partial charge in [-0.3, -0.25) is 0 Å². The van der Waals surface area contributed by atoms with Crippen molar-refractivity contribution in [2.45, 2.75) is 74.1 Å². The Morgan fingerprint density at radius 1 is 0.714 bits per heavy atom. The van der Waals surface area contributed by atoms with Crippen molar-refractivity contribution in [3.8, 4) is 0 Å². The predicted molar refractivity (Wildman–Crippen MR) is 95.7 cm³/mol. The van der Waals surface area contributed by atoms with Crippen LogP contribution in [0.15, 0.2) is 6.07 Å². The van der Waals surface area contributed by atoms with Crippen molar-refractivity contribution in [3.63, 3.8) is 0 Å². The van der Waals surface area contributed by atoms with E-state index >= 15 is 0 Å². The molecule has 0 saturated carbocycles. The summed E-state index contributed by atoms with van der Waals surface area (Å²) < 4.78 is 0. The second-order valence-corrected chi connectivity index (χ2v) is 7.37. The van der Waals surface area contributed by atoms with E-state index in [1.807, 2.05) is 0 Å². The van der Waals surface area contributed by atoms with Gasteiger partial charge in [-0.05, 0) is 103 Å². The maximum atomic E-state index is 2.38. The van der Waals surface area contributed by atoms with Crippen LogP contribution in [0, 0.1) is 41.5 Å². The van der Waals surface area contributed by atoms with Gasteiger partial charge in [-0.1, -0.05) is 26.8 Å². The second-order valence-electron chi connectivity index (χ2n) is 7.37. The summed E-state index contributed by atoms with van der Waals surface area (Å²) in [6.07, 6.45) is 1.17. The highest BCUT2D eigenvalue weighted by molar-refractivity contribution is 5.96. The molecule has 0 bridgehead atoms. The van der Waals surface area contributed by atoms with E-state index in [1.54, 1.807) is 5.56 Å². The summed E-state index contributed by atoms with van der Waals surface area (Å²) in [4.78, 5) is 0. The Labute approximate surface area is 130 Å². The Hall–Kier alpha value is -1.30. The van der Waals surface area contributed by atoms with E-state index in [1.165, 1.54) is 50.6 Å². The van der Waals surface area contributed by atoms with E-state index in [2.05, 4.69) is 68.4 Å². The molecule has 114 valence electrons. The fraction of sp³-hybridized carbons (Fsp3) is 0.524. The first kappa shape index (κ1) is 16.1. The van der Waals surface area contributed by atoms with Crippen molar-refractivity contribution in [2.24, 2.45) is 0 Å². The zero-order valence-corrected chi connectivity index (χ0v) is 15.3. The van der Waals surface area contributed by atoms with Crippen LogP contribution in [0.1, 0.15) is 66.1 Å². The quantitative estimate of drug-likeness (QED) is 0.599. The van der Waals surface area contributed by atoms with Gasteiger partial charge in [0.05, 0.1) is 0 Å². The highest BCUT2D eigenvalue weighted by Crippen LogP contribution is 2.41. The van der Waals surface area contributed by atoms with Gasteiger partial charge >= 0.3 is 0 Å². The topological polar surface area (TPSA) is 0 Å². The van der Waals surface area contributed by atoms with Crippen LogP contribution in [0.3, 0.4) is 0 Å². The Morgan fingerprint density at radius 2 is 1.29 bits per heavy atom. The Morgan fingerprint density at radius 3 is 1.81 bits per heavy atom. The van der Waals surface area contributed by atoms with E-state index in [0.29, 0.717) is 0 Å². The van der Waals surface area contributed by atoms with E-state index < -0.39 is 0 Å². The normalized spacial score (nSPS) is 12.2. The molecule has 0 aliphatic carbocycles. The number of aryl methyl sites for hydroxylation is 5. The van der Waals surface area contributed by atoms with Crippen molar-refractivity contribution in [2.75, 3.05) is 0 Å². The summed E-state index contributed by atoms with van der Waals surface area (Å²) in [5.41, 5.74) is 10.5. The van der Waals surface area contributed by atoms with Crippen LogP contribution in [-0.4, -0.2) is 0 Å². The highest BCUT2D eigenvalue weighted by atomic mass is 14.3. The summed E-state index contributed by atoms with van der Waals surface area (Å²) in [6.45, 7) is 20.8. The van der Waals surface area contributed by atoms with Crippen molar-refractivity contribution < 1.29 is 0 Å². The molecule has 2 aromatic rings. The monoisotopic (exact) mass is 282 g/mol. The van der Waals surface area contributed by atoms with Crippen LogP contribution in [0.5, 0.6) is 0 Å². The van der Waals surface area contributed by atoms with Crippen molar-refractivity contribution in [1.29, 1.82) is 0 Å². The predicted octanol–water partition coefficient (Wildman–Crippen LogP) is 6.38. The molecule has 0 aliphatic rings. The van der Waals surface area contributed by atoms with Gasteiger partial charge in [0.2, 0.25) is 0 Å². The molecule has 0 spiro atoms. The first-order valence-electron chi connectivity index (χ1n) is 8.14. The van der Waals surface area contributed by atoms with E-state index in [0.717, 1.165) is 0 Å². The van der Waals surface area contributed by atoms with Gasteiger partial charge in [0.1, 0.15) is 0 Å². The first-order valence-corrected chi connectivity index (χ1v) is 8.14. The molecule has 0 heterocycles. The molecule has 0 aromatic heterocycles. The minimum Gasteiger partial charge on any atom is -0.0646 e. The van der Waals surface area contributed by atoms with Gasteiger partial charge in [-0.15, -0.1) is 0 Å². The summed E-state index contributed by atoms with van der Waals surface area (Å²) in [6, 6.07) is 2.34. The van der Waals surface area contributed by atoms with Gasteiger partial charge in [-0.25, -0.2) is 0 Å². The van der Waals surface area contributed by atoms with E-state index in [-0.39, 0.29) is 5.41 Å². The third kappa shape index (κ3) is 2.29. The molecule has 21 heavy (non-hydrogen) atoms. The Kier molecular flexibility index (Phi) is 3.95. The SMILES string of the molecule is CCC(C)(C)c1c(C)c(C)c2c(C)cc(C)c(C)c2c1C. The zero-order chi connectivity index (χ0) is 16.1. The van der Waals surface area contributed by atoms with Crippen LogP contribution in [0.4, 0.5) is 0 Å². The van der Waals surface area contributed by atoms with Gasteiger partial charge in [0.15, 0.2) is 0 Å². The maximum Gasteiger partial charge on any atom is -0.0101 e. The van der Waals surface area contributed by atoms with Gasteiger partial charge in [0.25, 0.3) is 0 Å². The van der Waals surface area contributed by atoms with E-state index in [4.69, 9.17) is 0 Å². The summed E-state index contributed by atoms with van der Waals surface area (Å²) >= 11 is 0. The number of benzene rings is 2. The molecule has 2 aromatic carbocycles. The standard InChI is InChI=1S/C21H30/c1-10-21(8,9)20-16(6)15(5)18-13(3)11-12(2)14(4)19(18)17(20)7/h11H,10H2,1-9H3. The van der Waals surface area contributed by atoms with Crippen LogP contribution >= 0.6 is 0 Å². The molecule has 0 amide bonds. The number of fused-ring (bicyclic) bond motifs is 1. The summed E-state index contributed by atoms with van der Waals surface area (Å²) in [5, 5.41) is 2.97. The van der Waals surface area contributed by atoms with Crippen LogP contribution in [0.25, 0.3) is 10.8 Å².